The molecule has 0 amide bonds. The van der Waals surface area contributed by atoms with E-state index in [2.05, 4.69) is 9.97 Å². The topological polar surface area (TPSA) is 25.8 Å². The lowest BCUT2D eigenvalue weighted by atomic mass is 10.4. The number of nitrogens with zero attached hydrogens (tertiary/aromatic N) is 2. The maximum atomic E-state index is 12.7. The highest BCUT2D eigenvalue weighted by Gasteiger charge is 2.35. The first-order chi connectivity index (χ1) is 8.84. The molecule has 0 radical (unpaired) electrons. The molecule has 2 nitrogen and oxygen atoms in total. The molecule has 0 aliphatic carbocycles. The second-order valence-electron chi connectivity index (χ2n) is 3.41. The number of aromatic nitrogens is 2. The average Bonchev–Trinajstić information content (AvgIpc) is 2.30. The van der Waals surface area contributed by atoms with E-state index in [0.717, 1.165) is 11.8 Å². The summed E-state index contributed by atoms with van der Waals surface area (Å²) >= 11 is 6.46. The summed E-state index contributed by atoms with van der Waals surface area (Å²) in [4.78, 5) is 7.03. The maximum Gasteiger partial charge on any atom is 0.451 e. The first-order valence-corrected chi connectivity index (χ1v) is 6.09. The molecule has 1 heterocycles. The molecule has 0 unspecified atom stereocenters. The lowest BCUT2D eigenvalue weighted by molar-refractivity contribution is -0.145. The van der Waals surface area contributed by atoms with Crippen molar-refractivity contribution in [3.05, 3.63) is 47.1 Å². The molecule has 100 valence electrons. The zero-order valence-corrected chi connectivity index (χ0v) is 10.7. The number of hydrogen-bond acceptors (Lipinski definition) is 3. The van der Waals surface area contributed by atoms with Gasteiger partial charge < -0.3 is 0 Å². The van der Waals surface area contributed by atoms with Crippen molar-refractivity contribution < 1.29 is 17.6 Å². The van der Waals surface area contributed by atoms with Crippen molar-refractivity contribution in [1.82, 2.24) is 9.97 Å². The van der Waals surface area contributed by atoms with Gasteiger partial charge in [-0.25, -0.2) is 14.4 Å². The first kappa shape index (κ1) is 14.1. The standard InChI is InChI=1S/C11H5ClF4N2S/c12-8-5-9(18-10(17-8)11(14,15)16)19-7-3-1-6(13)2-4-7/h1-5H. The smallest absolute Gasteiger partial charge is 0.217 e. The van der Waals surface area contributed by atoms with E-state index in [1.165, 1.54) is 30.3 Å². The van der Waals surface area contributed by atoms with Crippen LogP contribution in [0.15, 0.2) is 40.3 Å². The summed E-state index contributed by atoms with van der Waals surface area (Å²) in [6.07, 6.45) is -4.66. The van der Waals surface area contributed by atoms with Crippen LogP contribution in [-0.4, -0.2) is 9.97 Å². The van der Waals surface area contributed by atoms with Crippen LogP contribution in [0.1, 0.15) is 5.82 Å². The normalized spacial score (nSPS) is 11.6. The first-order valence-electron chi connectivity index (χ1n) is 4.90. The molecule has 0 bridgehead atoms. The van der Waals surface area contributed by atoms with Gasteiger partial charge in [-0.2, -0.15) is 13.2 Å². The molecule has 0 fully saturated rings. The predicted molar refractivity (Wildman–Crippen MR) is 62.6 cm³/mol. The minimum atomic E-state index is -4.66. The molecule has 0 saturated carbocycles. The van der Waals surface area contributed by atoms with Gasteiger partial charge in [0.25, 0.3) is 0 Å². The summed E-state index contributed by atoms with van der Waals surface area (Å²) in [5.41, 5.74) is 0. The van der Waals surface area contributed by atoms with Gasteiger partial charge in [0.05, 0.1) is 0 Å². The average molecular weight is 309 g/mol. The molecule has 19 heavy (non-hydrogen) atoms. The predicted octanol–water partition coefficient (Wildman–Crippen LogP) is 4.44. The fraction of sp³-hybridized carbons (Fsp3) is 0.0909. The van der Waals surface area contributed by atoms with Crippen molar-refractivity contribution in [2.24, 2.45) is 0 Å². The molecule has 0 spiro atoms. The van der Waals surface area contributed by atoms with Crippen LogP contribution >= 0.6 is 23.4 Å². The van der Waals surface area contributed by atoms with Crippen LogP contribution in [0.3, 0.4) is 0 Å². The summed E-state index contributed by atoms with van der Waals surface area (Å²) in [6, 6.07) is 6.49. The Kier molecular flexibility index (Phi) is 3.96. The van der Waals surface area contributed by atoms with E-state index in [1.807, 2.05) is 0 Å². The highest BCUT2D eigenvalue weighted by atomic mass is 35.5. The number of hydrogen-bond donors (Lipinski definition) is 0. The second kappa shape index (κ2) is 5.34. The molecule has 8 heteroatoms. The minimum Gasteiger partial charge on any atom is -0.217 e. The van der Waals surface area contributed by atoms with Gasteiger partial charge in [0.1, 0.15) is 16.0 Å². The Balaban J connectivity index is 2.30. The lowest BCUT2D eigenvalue weighted by Gasteiger charge is -2.07. The van der Waals surface area contributed by atoms with E-state index >= 15 is 0 Å². The Labute approximate surface area is 114 Å². The molecule has 0 saturated heterocycles. The molecule has 0 aliphatic heterocycles. The van der Waals surface area contributed by atoms with E-state index in [0.29, 0.717) is 4.90 Å². The third-order valence-corrected chi connectivity index (χ3v) is 3.08. The van der Waals surface area contributed by atoms with Gasteiger partial charge in [0.2, 0.25) is 5.82 Å². The molecular formula is C11H5ClF4N2S. The van der Waals surface area contributed by atoms with Gasteiger partial charge in [-0.3, -0.25) is 0 Å². The van der Waals surface area contributed by atoms with E-state index in [-0.39, 0.29) is 10.2 Å². The van der Waals surface area contributed by atoms with Crippen molar-refractivity contribution in [2.75, 3.05) is 0 Å². The largest absolute Gasteiger partial charge is 0.451 e. The van der Waals surface area contributed by atoms with E-state index in [9.17, 15) is 17.6 Å². The Morgan fingerprint density at radius 1 is 1.05 bits per heavy atom. The fourth-order valence-corrected chi connectivity index (χ4v) is 2.26. The van der Waals surface area contributed by atoms with E-state index < -0.39 is 17.8 Å². The zero-order valence-electron chi connectivity index (χ0n) is 9.08. The van der Waals surface area contributed by atoms with Crippen LogP contribution in [0.2, 0.25) is 5.15 Å². The number of alkyl halides is 3. The molecule has 1 aromatic carbocycles. The molecular weight excluding hydrogens is 304 g/mol. The van der Waals surface area contributed by atoms with Crippen molar-refractivity contribution >= 4 is 23.4 Å². The van der Waals surface area contributed by atoms with Crippen LogP contribution in [0.4, 0.5) is 17.6 Å². The van der Waals surface area contributed by atoms with Crippen molar-refractivity contribution in [3.8, 4) is 0 Å². The summed E-state index contributed by atoms with van der Waals surface area (Å²) in [7, 11) is 0. The van der Waals surface area contributed by atoms with Gasteiger partial charge in [0.15, 0.2) is 0 Å². The highest BCUT2D eigenvalue weighted by molar-refractivity contribution is 7.99. The quantitative estimate of drug-likeness (QED) is 0.606. The van der Waals surface area contributed by atoms with Crippen LogP contribution in [0, 0.1) is 5.82 Å². The summed E-state index contributed by atoms with van der Waals surface area (Å²) < 4.78 is 50.2. The van der Waals surface area contributed by atoms with Crippen molar-refractivity contribution in [3.63, 3.8) is 0 Å². The van der Waals surface area contributed by atoms with Crippen LogP contribution in [-0.2, 0) is 6.18 Å². The number of halogens is 5. The van der Waals surface area contributed by atoms with Crippen molar-refractivity contribution in [2.45, 2.75) is 16.1 Å². The number of benzene rings is 1. The minimum absolute atomic E-state index is 0.0407. The van der Waals surface area contributed by atoms with Gasteiger partial charge in [-0.05, 0) is 24.3 Å². The monoisotopic (exact) mass is 308 g/mol. The molecule has 0 aliphatic rings. The summed E-state index contributed by atoms with van der Waals surface area (Å²) in [5, 5.41) is -0.258. The molecule has 2 rings (SSSR count). The van der Waals surface area contributed by atoms with Crippen LogP contribution in [0.25, 0.3) is 0 Å². The SMILES string of the molecule is Fc1ccc(Sc2cc(Cl)nc(C(F)(F)F)n2)cc1. The lowest BCUT2D eigenvalue weighted by Crippen LogP contribution is -2.11. The third-order valence-electron chi connectivity index (χ3n) is 1.96. The third kappa shape index (κ3) is 3.81. The Morgan fingerprint density at radius 3 is 2.26 bits per heavy atom. The van der Waals surface area contributed by atoms with E-state index in [1.54, 1.807) is 0 Å². The van der Waals surface area contributed by atoms with Gasteiger partial charge >= 0.3 is 6.18 Å². The van der Waals surface area contributed by atoms with E-state index in [4.69, 9.17) is 11.6 Å². The molecule has 0 N–H and O–H groups in total. The highest BCUT2D eigenvalue weighted by Crippen LogP contribution is 2.32. The molecule has 1 aromatic heterocycles. The number of rotatable bonds is 2. The van der Waals surface area contributed by atoms with Gasteiger partial charge in [0, 0.05) is 11.0 Å². The Bertz CT molecular complexity index is 586. The van der Waals surface area contributed by atoms with Crippen LogP contribution in [0.5, 0.6) is 0 Å². The maximum absolute atomic E-state index is 12.7. The fourth-order valence-electron chi connectivity index (χ4n) is 1.20. The zero-order chi connectivity index (χ0) is 14.0. The van der Waals surface area contributed by atoms with Crippen molar-refractivity contribution in [1.29, 1.82) is 0 Å². The second-order valence-corrected chi connectivity index (χ2v) is 4.89. The summed E-state index contributed by atoms with van der Waals surface area (Å²) in [6.45, 7) is 0. The molecule has 0 atom stereocenters. The Hall–Kier alpha value is -1.34. The molecule has 2 aromatic rings. The summed E-state index contributed by atoms with van der Waals surface area (Å²) in [5.74, 6) is -1.73. The Morgan fingerprint density at radius 2 is 1.68 bits per heavy atom. The van der Waals surface area contributed by atoms with Crippen LogP contribution < -0.4 is 0 Å². The van der Waals surface area contributed by atoms with Gasteiger partial charge in [-0.15, -0.1) is 0 Å². The van der Waals surface area contributed by atoms with Gasteiger partial charge in [-0.1, -0.05) is 23.4 Å².